The van der Waals surface area contributed by atoms with E-state index in [1.807, 2.05) is 39.0 Å². The minimum Gasteiger partial charge on any atom is -0.335 e. The monoisotopic (exact) mass is 330 g/mol. The van der Waals surface area contributed by atoms with Crippen LogP contribution in [0.25, 0.3) is 0 Å². The number of hydrogen-bond acceptors (Lipinski definition) is 4. The molecule has 23 heavy (non-hydrogen) atoms. The predicted molar refractivity (Wildman–Crippen MR) is 92.2 cm³/mol. The summed E-state index contributed by atoms with van der Waals surface area (Å²) in [4.78, 5) is 28.4. The minimum atomic E-state index is -0.341. The summed E-state index contributed by atoms with van der Waals surface area (Å²) >= 11 is 4.86. The predicted octanol–water partition coefficient (Wildman–Crippen LogP) is 2.13. The third-order valence-corrected chi connectivity index (χ3v) is 3.64. The van der Waals surface area contributed by atoms with Gasteiger partial charge in [-0.15, -0.1) is 0 Å². The first-order valence-corrected chi connectivity index (χ1v) is 7.49. The Morgan fingerprint density at radius 3 is 2.61 bits per heavy atom. The Balaban J connectivity index is 2.06. The van der Waals surface area contributed by atoms with Gasteiger partial charge in [0.1, 0.15) is 0 Å². The maximum absolute atomic E-state index is 11.9. The second-order valence-electron chi connectivity index (χ2n) is 5.32. The Bertz CT molecular complexity index is 852. The molecule has 0 aliphatic heterocycles. The topological polar surface area (TPSA) is 90.1 Å². The van der Waals surface area contributed by atoms with Gasteiger partial charge in [-0.25, -0.2) is 5.43 Å². The van der Waals surface area contributed by atoms with E-state index in [1.165, 1.54) is 17.2 Å². The number of hydrazone groups is 1. The van der Waals surface area contributed by atoms with E-state index in [-0.39, 0.29) is 22.7 Å². The summed E-state index contributed by atoms with van der Waals surface area (Å²) < 4.78 is 0.190. The first-order chi connectivity index (χ1) is 10.8. The number of aromatic amines is 2. The highest BCUT2D eigenvalue weighted by atomic mass is 32.1. The molecule has 0 unspecified atom stereocenters. The first kappa shape index (κ1) is 16.8. The fraction of sp³-hybridized carbons (Fsp3) is 0.250. The first-order valence-electron chi connectivity index (χ1n) is 7.08. The van der Waals surface area contributed by atoms with Gasteiger partial charge in [0.15, 0.2) is 4.77 Å². The normalized spacial score (nSPS) is 11.3. The third-order valence-electron chi connectivity index (χ3n) is 3.44. The van der Waals surface area contributed by atoms with Crippen LogP contribution in [0.15, 0.2) is 34.2 Å². The number of aryl methyl sites for hydroxylation is 2. The smallest absolute Gasteiger partial charge is 0.251 e. The van der Waals surface area contributed by atoms with Gasteiger partial charge in [-0.1, -0.05) is 12.1 Å². The maximum atomic E-state index is 11.9. The SMILES string of the molecule is C/C(=N/NC(=O)Cc1cc(=O)[nH]c(=S)[nH]1)c1ccc(C)c(C)c1. The summed E-state index contributed by atoms with van der Waals surface area (Å²) in [6.45, 7) is 5.89. The molecule has 0 bridgehead atoms. The van der Waals surface area contributed by atoms with Crippen molar-refractivity contribution in [3.8, 4) is 0 Å². The number of hydrogen-bond donors (Lipinski definition) is 3. The highest BCUT2D eigenvalue weighted by Gasteiger charge is 2.05. The molecule has 1 heterocycles. The molecule has 1 amide bonds. The fourth-order valence-corrected chi connectivity index (χ4v) is 2.24. The molecule has 7 heteroatoms. The van der Waals surface area contributed by atoms with Gasteiger partial charge < -0.3 is 4.98 Å². The van der Waals surface area contributed by atoms with E-state index >= 15 is 0 Å². The summed E-state index contributed by atoms with van der Waals surface area (Å²) in [6.07, 6.45) is -0.00271. The second kappa shape index (κ2) is 7.15. The van der Waals surface area contributed by atoms with Crippen molar-refractivity contribution in [2.24, 2.45) is 5.10 Å². The van der Waals surface area contributed by atoms with E-state index in [1.54, 1.807) is 0 Å². The third kappa shape index (κ3) is 4.72. The Labute approximate surface area is 138 Å². The van der Waals surface area contributed by atoms with Crippen molar-refractivity contribution in [2.75, 3.05) is 0 Å². The van der Waals surface area contributed by atoms with Gasteiger partial charge in [-0.2, -0.15) is 5.10 Å². The number of aromatic nitrogens is 2. The average molecular weight is 330 g/mol. The number of rotatable bonds is 4. The van der Waals surface area contributed by atoms with Gasteiger partial charge in [0.2, 0.25) is 5.91 Å². The quantitative estimate of drug-likeness (QED) is 0.456. The molecular weight excluding hydrogens is 312 g/mol. The van der Waals surface area contributed by atoms with Crippen LogP contribution in [0.2, 0.25) is 0 Å². The number of amides is 1. The molecule has 120 valence electrons. The Kier molecular flexibility index (Phi) is 5.23. The molecule has 3 N–H and O–H groups in total. The van der Waals surface area contributed by atoms with Crippen molar-refractivity contribution >= 4 is 23.8 Å². The molecule has 0 atom stereocenters. The molecule has 0 saturated carbocycles. The van der Waals surface area contributed by atoms with Crippen molar-refractivity contribution in [2.45, 2.75) is 27.2 Å². The molecule has 2 aromatic rings. The number of benzene rings is 1. The van der Waals surface area contributed by atoms with Crippen LogP contribution in [0.5, 0.6) is 0 Å². The molecular formula is C16H18N4O2S. The summed E-state index contributed by atoms with van der Waals surface area (Å²) in [6, 6.07) is 7.30. The van der Waals surface area contributed by atoms with Crippen molar-refractivity contribution < 1.29 is 4.79 Å². The van der Waals surface area contributed by atoms with Gasteiger partial charge in [0, 0.05) is 11.8 Å². The molecule has 0 saturated heterocycles. The van der Waals surface area contributed by atoms with Gasteiger partial charge in [-0.05, 0) is 55.7 Å². The number of carbonyl (C=O) groups excluding carboxylic acids is 1. The van der Waals surface area contributed by atoms with Crippen LogP contribution in [0, 0.1) is 18.6 Å². The lowest BCUT2D eigenvalue weighted by Crippen LogP contribution is -2.23. The Morgan fingerprint density at radius 1 is 1.22 bits per heavy atom. The summed E-state index contributed by atoms with van der Waals surface area (Å²) in [5, 5.41) is 4.10. The lowest BCUT2D eigenvalue weighted by molar-refractivity contribution is -0.120. The number of carbonyl (C=O) groups is 1. The van der Waals surface area contributed by atoms with Gasteiger partial charge in [-0.3, -0.25) is 14.6 Å². The van der Waals surface area contributed by atoms with Crippen LogP contribution in [0.4, 0.5) is 0 Å². The Hall–Kier alpha value is -2.54. The molecule has 1 aromatic carbocycles. The van der Waals surface area contributed by atoms with Gasteiger partial charge in [0.25, 0.3) is 5.56 Å². The largest absolute Gasteiger partial charge is 0.335 e. The number of H-pyrrole nitrogens is 2. The zero-order valence-electron chi connectivity index (χ0n) is 13.2. The zero-order valence-corrected chi connectivity index (χ0v) is 14.0. The van der Waals surface area contributed by atoms with Crippen molar-refractivity contribution in [1.29, 1.82) is 0 Å². The standard InChI is InChI=1S/C16H18N4O2S/c1-9-4-5-12(6-10(9)2)11(3)19-20-15(22)8-13-7-14(21)18-16(23)17-13/h4-7H,8H2,1-3H3,(H,20,22)(H2,17,18,21,23)/b19-11-. The summed E-state index contributed by atoms with van der Waals surface area (Å²) in [7, 11) is 0. The lowest BCUT2D eigenvalue weighted by Gasteiger charge is -2.06. The molecule has 1 aromatic heterocycles. The summed E-state index contributed by atoms with van der Waals surface area (Å²) in [5.41, 5.74) is 6.61. The van der Waals surface area contributed by atoms with Gasteiger partial charge in [0.05, 0.1) is 12.1 Å². The average Bonchev–Trinajstić information content (AvgIpc) is 2.46. The molecule has 6 nitrogen and oxygen atoms in total. The molecule has 0 radical (unpaired) electrons. The van der Waals surface area contributed by atoms with Crippen LogP contribution in [0.1, 0.15) is 29.3 Å². The number of nitrogens with zero attached hydrogens (tertiary/aromatic N) is 1. The lowest BCUT2D eigenvalue weighted by atomic mass is 10.0. The highest BCUT2D eigenvalue weighted by molar-refractivity contribution is 7.71. The number of nitrogens with one attached hydrogen (secondary N) is 3. The van der Waals surface area contributed by atoms with Gasteiger partial charge >= 0.3 is 0 Å². The van der Waals surface area contributed by atoms with Crippen LogP contribution in [-0.2, 0) is 11.2 Å². The van der Waals surface area contributed by atoms with Crippen LogP contribution < -0.4 is 11.0 Å². The van der Waals surface area contributed by atoms with E-state index in [2.05, 4.69) is 20.5 Å². The van der Waals surface area contributed by atoms with E-state index in [4.69, 9.17) is 12.2 Å². The molecule has 2 rings (SSSR count). The van der Waals surface area contributed by atoms with Crippen molar-refractivity contribution in [3.05, 3.63) is 61.8 Å². The minimum absolute atomic E-state index is 0.00271. The molecule has 0 fully saturated rings. The second-order valence-corrected chi connectivity index (χ2v) is 5.73. The van der Waals surface area contributed by atoms with Crippen molar-refractivity contribution in [3.63, 3.8) is 0 Å². The highest BCUT2D eigenvalue weighted by Crippen LogP contribution is 2.10. The molecule has 0 aliphatic rings. The van der Waals surface area contributed by atoms with Crippen molar-refractivity contribution in [1.82, 2.24) is 15.4 Å². The molecule has 0 aliphatic carbocycles. The van der Waals surface area contributed by atoms with Crippen LogP contribution in [-0.4, -0.2) is 21.6 Å². The molecule has 0 spiro atoms. The Morgan fingerprint density at radius 2 is 1.96 bits per heavy atom. The van der Waals surface area contributed by atoms with Crippen LogP contribution >= 0.6 is 12.2 Å². The van der Waals surface area contributed by atoms with E-state index < -0.39 is 0 Å². The zero-order chi connectivity index (χ0) is 17.0. The van der Waals surface area contributed by atoms with E-state index in [0.29, 0.717) is 11.4 Å². The van der Waals surface area contributed by atoms with E-state index in [0.717, 1.165) is 5.56 Å². The maximum Gasteiger partial charge on any atom is 0.251 e. The van der Waals surface area contributed by atoms with E-state index in [9.17, 15) is 9.59 Å². The summed E-state index contributed by atoms with van der Waals surface area (Å²) in [5.74, 6) is -0.329. The van der Waals surface area contributed by atoms with Crippen LogP contribution in [0.3, 0.4) is 0 Å². The fourth-order valence-electron chi connectivity index (χ4n) is 2.00.